The number of ether oxygens (including phenoxy) is 3. The second-order valence-corrected chi connectivity index (χ2v) is 6.62. The van der Waals surface area contributed by atoms with Crippen LogP contribution in [0, 0.1) is 0 Å². The minimum Gasteiger partial charge on any atom is -0.493 e. The van der Waals surface area contributed by atoms with Crippen LogP contribution in [0.5, 0.6) is 11.5 Å². The Morgan fingerprint density at radius 2 is 1.73 bits per heavy atom. The van der Waals surface area contributed by atoms with Crippen LogP contribution in [-0.4, -0.2) is 50.0 Å². The Morgan fingerprint density at radius 1 is 1.04 bits per heavy atom. The number of β-amino-alcohol motifs (C(OH)–C–C–N with tert-alkyl or cyclic N) is 1. The topological polar surface area (TPSA) is 51.2 Å². The average molecular weight is 357 g/mol. The second kappa shape index (κ2) is 9.03. The molecule has 0 aliphatic carbocycles. The molecule has 140 valence electrons. The first kappa shape index (κ1) is 18.7. The Morgan fingerprint density at radius 3 is 2.42 bits per heavy atom. The van der Waals surface area contributed by atoms with Gasteiger partial charge in [-0.1, -0.05) is 30.3 Å². The van der Waals surface area contributed by atoms with Gasteiger partial charge < -0.3 is 19.3 Å². The molecule has 2 aromatic rings. The molecule has 0 saturated heterocycles. The summed E-state index contributed by atoms with van der Waals surface area (Å²) in [6.07, 6.45) is 0.438. The van der Waals surface area contributed by atoms with E-state index in [9.17, 15) is 5.11 Å². The SMILES string of the molecule is COc1cc2c(cc1OC)CN(CC(O)COCc1ccccc1)CC2. The molecule has 1 aliphatic heterocycles. The van der Waals surface area contributed by atoms with Gasteiger partial charge in [0, 0.05) is 19.6 Å². The molecule has 0 aromatic heterocycles. The third-order valence-corrected chi connectivity index (χ3v) is 4.69. The molecule has 1 unspecified atom stereocenters. The average Bonchev–Trinajstić information content (AvgIpc) is 2.67. The Balaban J connectivity index is 1.50. The van der Waals surface area contributed by atoms with Crippen LogP contribution in [0.3, 0.4) is 0 Å². The lowest BCUT2D eigenvalue weighted by Crippen LogP contribution is -2.38. The fourth-order valence-corrected chi connectivity index (χ4v) is 3.34. The molecule has 3 rings (SSSR count). The molecule has 26 heavy (non-hydrogen) atoms. The van der Waals surface area contributed by atoms with Crippen molar-refractivity contribution >= 4 is 0 Å². The molecule has 0 radical (unpaired) electrons. The van der Waals surface area contributed by atoms with E-state index in [1.807, 2.05) is 36.4 Å². The van der Waals surface area contributed by atoms with Gasteiger partial charge in [0.2, 0.25) is 0 Å². The maximum absolute atomic E-state index is 10.3. The predicted octanol–water partition coefficient (Wildman–Crippen LogP) is 2.64. The lowest BCUT2D eigenvalue weighted by atomic mass is 9.98. The zero-order valence-corrected chi connectivity index (χ0v) is 15.5. The van der Waals surface area contributed by atoms with Crippen molar-refractivity contribution in [1.82, 2.24) is 4.90 Å². The number of hydrogen-bond acceptors (Lipinski definition) is 5. The third kappa shape index (κ3) is 4.75. The summed E-state index contributed by atoms with van der Waals surface area (Å²) in [5.41, 5.74) is 3.63. The van der Waals surface area contributed by atoms with E-state index in [1.54, 1.807) is 14.2 Å². The molecule has 1 N–H and O–H groups in total. The number of hydrogen-bond donors (Lipinski definition) is 1. The summed E-state index contributed by atoms with van der Waals surface area (Å²) in [5, 5.41) is 10.3. The van der Waals surface area contributed by atoms with Crippen LogP contribution >= 0.6 is 0 Å². The number of aliphatic hydroxyl groups excluding tert-OH is 1. The van der Waals surface area contributed by atoms with Crippen molar-refractivity contribution in [2.24, 2.45) is 0 Å². The van der Waals surface area contributed by atoms with Gasteiger partial charge in [-0.05, 0) is 35.2 Å². The van der Waals surface area contributed by atoms with Crippen LogP contribution in [0.4, 0.5) is 0 Å². The first-order valence-corrected chi connectivity index (χ1v) is 8.95. The number of aliphatic hydroxyl groups is 1. The summed E-state index contributed by atoms with van der Waals surface area (Å²) in [4.78, 5) is 2.25. The van der Waals surface area contributed by atoms with E-state index in [1.165, 1.54) is 11.1 Å². The minimum absolute atomic E-state index is 0.337. The summed E-state index contributed by atoms with van der Waals surface area (Å²) in [5.74, 6) is 1.52. The van der Waals surface area contributed by atoms with Gasteiger partial charge >= 0.3 is 0 Å². The van der Waals surface area contributed by atoms with Gasteiger partial charge in [0.1, 0.15) is 0 Å². The first-order chi connectivity index (χ1) is 12.7. The van der Waals surface area contributed by atoms with Crippen molar-refractivity contribution in [3.05, 3.63) is 59.2 Å². The lowest BCUT2D eigenvalue weighted by molar-refractivity contribution is 0.00772. The molecule has 0 bridgehead atoms. The lowest BCUT2D eigenvalue weighted by Gasteiger charge is -2.31. The van der Waals surface area contributed by atoms with Gasteiger partial charge in [0.05, 0.1) is 33.5 Å². The Hall–Kier alpha value is -2.08. The van der Waals surface area contributed by atoms with Crippen molar-refractivity contribution in [3.8, 4) is 11.5 Å². The van der Waals surface area contributed by atoms with E-state index in [2.05, 4.69) is 11.0 Å². The van der Waals surface area contributed by atoms with E-state index in [0.717, 1.165) is 36.6 Å². The molecule has 0 saturated carbocycles. The number of rotatable bonds is 8. The van der Waals surface area contributed by atoms with Crippen molar-refractivity contribution in [3.63, 3.8) is 0 Å². The van der Waals surface area contributed by atoms with E-state index < -0.39 is 6.10 Å². The molecule has 2 aromatic carbocycles. The van der Waals surface area contributed by atoms with Crippen molar-refractivity contribution in [2.75, 3.05) is 33.9 Å². The van der Waals surface area contributed by atoms with Gasteiger partial charge in [-0.2, -0.15) is 0 Å². The van der Waals surface area contributed by atoms with Crippen molar-refractivity contribution < 1.29 is 19.3 Å². The smallest absolute Gasteiger partial charge is 0.161 e. The maximum atomic E-state index is 10.3. The quantitative estimate of drug-likeness (QED) is 0.787. The number of fused-ring (bicyclic) bond motifs is 1. The molecule has 1 atom stereocenters. The van der Waals surface area contributed by atoms with Crippen LogP contribution in [0.2, 0.25) is 0 Å². The summed E-state index contributed by atoms with van der Waals surface area (Å²) < 4.78 is 16.4. The van der Waals surface area contributed by atoms with Crippen LogP contribution < -0.4 is 9.47 Å². The zero-order valence-electron chi connectivity index (χ0n) is 15.5. The molecule has 5 nitrogen and oxygen atoms in total. The van der Waals surface area contributed by atoms with Gasteiger partial charge in [-0.15, -0.1) is 0 Å². The summed E-state index contributed by atoms with van der Waals surface area (Å²) in [6, 6.07) is 14.1. The highest BCUT2D eigenvalue weighted by Gasteiger charge is 2.21. The van der Waals surface area contributed by atoms with Gasteiger partial charge in [-0.3, -0.25) is 4.90 Å². The van der Waals surface area contributed by atoms with E-state index in [0.29, 0.717) is 19.8 Å². The Labute approximate surface area is 155 Å². The highest BCUT2D eigenvalue weighted by atomic mass is 16.5. The summed E-state index contributed by atoms with van der Waals surface area (Å²) in [6.45, 7) is 3.17. The molecule has 0 spiro atoms. The maximum Gasteiger partial charge on any atom is 0.161 e. The second-order valence-electron chi connectivity index (χ2n) is 6.62. The molecule has 1 aliphatic rings. The number of methoxy groups -OCH3 is 2. The zero-order chi connectivity index (χ0) is 18.4. The van der Waals surface area contributed by atoms with Gasteiger partial charge in [0.15, 0.2) is 11.5 Å². The molecule has 0 amide bonds. The monoisotopic (exact) mass is 357 g/mol. The largest absolute Gasteiger partial charge is 0.493 e. The molecule has 5 heteroatoms. The van der Waals surface area contributed by atoms with E-state index in [-0.39, 0.29) is 0 Å². The third-order valence-electron chi connectivity index (χ3n) is 4.69. The van der Waals surface area contributed by atoms with Crippen molar-refractivity contribution in [2.45, 2.75) is 25.7 Å². The molecular weight excluding hydrogens is 330 g/mol. The van der Waals surface area contributed by atoms with Crippen LogP contribution in [-0.2, 0) is 24.3 Å². The standard InChI is InChI=1S/C21H27NO4/c1-24-20-10-17-8-9-22(12-18(17)11-21(20)25-2)13-19(23)15-26-14-16-6-4-3-5-7-16/h3-7,10-11,19,23H,8-9,12-15H2,1-2H3. The summed E-state index contributed by atoms with van der Waals surface area (Å²) >= 11 is 0. The molecular formula is C21H27NO4. The van der Waals surface area contributed by atoms with Crippen molar-refractivity contribution in [1.29, 1.82) is 0 Å². The normalized spacial score (nSPS) is 15.3. The Kier molecular flexibility index (Phi) is 6.50. The van der Waals surface area contributed by atoms with Gasteiger partial charge in [0.25, 0.3) is 0 Å². The Bertz CT molecular complexity index is 705. The van der Waals surface area contributed by atoms with Crippen LogP contribution in [0.25, 0.3) is 0 Å². The first-order valence-electron chi connectivity index (χ1n) is 8.95. The van der Waals surface area contributed by atoms with E-state index in [4.69, 9.17) is 14.2 Å². The predicted molar refractivity (Wildman–Crippen MR) is 101 cm³/mol. The molecule has 0 fully saturated rings. The fraction of sp³-hybridized carbons (Fsp3) is 0.429. The highest BCUT2D eigenvalue weighted by molar-refractivity contribution is 5.48. The van der Waals surface area contributed by atoms with Crippen LogP contribution in [0.15, 0.2) is 42.5 Å². The van der Waals surface area contributed by atoms with E-state index >= 15 is 0 Å². The highest BCUT2D eigenvalue weighted by Crippen LogP contribution is 2.33. The summed E-state index contributed by atoms with van der Waals surface area (Å²) in [7, 11) is 3.31. The van der Waals surface area contributed by atoms with Crippen LogP contribution in [0.1, 0.15) is 16.7 Å². The van der Waals surface area contributed by atoms with Gasteiger partial charge in [-0.25, -0.2) is 0 Å². The number of benzene rings is 2. The molecule has 1 heterocycles. The fourth-order valence-electron chi connectivity index (χ4n) is 3.34. The number of nitrogens with zero attached hydrogens (tertiary/aromatic N) is 1. The minimum atomic E-state index is -0.500.